The lowest BCUT2D eigenvalue weighted by molar-refractivity contribution is 0.0257. The molecule has 6 nitrogen and oxygen atoms in total. The van der Waals surface area contributed by atoms with Crippen LogP contribution in [-0.4, -0.2) is 55.6 Å². The van der Waals surface area contributed by atoms with Crippen molar-refractivity contribution < 1.29 is 17.9 Å². The Bertz CT molecular complexity index is 386. The van der Waals surface area contributed by atoms with Crippen molar-refractivity contribution in [2.75, 3.05) is 24.6 Å². The van der Waals surface area contributed by atoms with Crippen LogP contribution in [0.5, 0.6) is 0 Å². The maximum atomic E-state index is 11.8. The fraction of sp³-hybridized carbons (Fsp3) is 0.900. The van der Waals surface area contributed by atoms with Gasteiger partial charge >= 0.3 is 6.09 Å². The Morgan fingerprint density at radius 3 is 2.53 bits per heavy atom. The molecule has 0 radical (unpaired) electrons. The zero-order valence-electron chi connectivity index (χ0n) is 10.5. The summed E-state index contributed by atoms with van der Waals surface area (Å²) < 4.78 is 28.1. The van der Waals surface area contributed by atoms with E-state index in [-0.39, 0.29) is 24.6 Å². The molecule has 0 aromatic heterocycles. The number of nitrogens with two attached hydrogens (primary N) is 1. The van der Waals surface area contributed by atoms with Crippen molar-refractivity contribution in [2.45, 2.75) is 32.4 Å². The van der Waals surface area contributed by atoms with Crippen LogP contribution in [-0.2, 0) is 14.6 Å². The van der Waals surface area contributed by atoms with Gasteiger partial charge in [0, 0.05) is 19.1 Å². The van der Waals surface area contributed by atoms with Gasteiger partial charge in [0.15, 0.2) is 9.84 Å². The minimum absolute atomic E-state index is 0.0556. The molecular formula is C10H20N2O4S. The molecule has 1 aliphatic rings. The average molecular weight is 264 g/mol. The number of amides is 1. The van der Waals surface area contributed by atoms with E-state index in [0.717, 1.165) is 0 Å². The third-order valence-electron chi connectivity index (χ3n) is 2.25. The Balaban J connectivity index is 2.70. The predicted molar refractivity (Wildman–Crippen MR) is 64.4 cm³/mol. The number of carbonyl (C=O) groups is 1. The van der Waals surface area contributed by atoms with E-state index in [4.69, 9.17) is 10.5 Å². The minimum Gasteiger partial charge on any atom is -0.444 e. The van der Waals surface area contributed by atoms with Crippen molar-refractivity contribution in [3.8, 4) is 0 Å². The maximum absolute atomic E-state index is 11.8. The van der Waals surface area contributed by atoms with Crippen molar-refractivity contribution in [3.05, 3.63) is 0 Å². The van der Waals surface area contributed by atoms with Gasteiger partial charge in [-0.3, -0.25) is 0 Å². The molecule has 17 heavy (non-hydrogen) atoms. The van der Waals surface area contributed by atoms with Gasteiger partial charge in [0.05, 0.1) is 11.5 Å². The van der Waals surface area contributed by atoms with Gasteiger partial charge in [0.1, 0.15) is 5.60 Å². The first-order valence-electron chi connectivity index (χ1n) is 5.53. The molecule has 1 aliphatic heterocycles. The van der Waals surface area contributed by atoms with Crippen LogP contribution in [0.3, 0.4) is 0 Å². The van der Waals surface area contributed by atoms with Gasteiger partial charge in [-0.2, -0.15) is 0 Å². The van der Waals surface area contributed by atoms with Crippen molar-refractivity contribution in [1.82, 2.24) is 4.90 Å². The van der Waals surface area contributed by atoms with Gasteiger partial charge in [-0.05, 0) is 20.8 Å². The molecule has 100 valence electrons. The normalized spacial score (nSPS) is 25.2. The lowest BCUT2D eigenvalue weighted by atomic mass is 10.2. The van der Waals surface area contributed by atoms with E-state index in [1.54, 1.807) is 20.8 Å². The fourth-order valence-corrected chi connectivity index (χ4v) is 3.00. The third-order valence-corrected chi connectivity index (χ3v) is 3.99. The van der Waals surface area contributed by atoms with Crippen molar-refractivity contribution >= 4 is 15.9 Å². The molecule has 0 aromatic carbocycles. The summed E-state index contributed by atoms with van der Waals surface area (Å²) in [6.07, 6.45) is -0.509. The molecule has 0 bridgehead atoms. The molecule has 1 amide bonds. The highest BCUT2D eigenvalue weighted by Crippen LogP contribution is 2.12. The molecule has 0 saturated carbocycles. The van der Waals surface area contributed by atoms with E-state index >= 15 is 0 Å². The van der Waals surface area contributed by atoms with Crippen molar-refractivity contribution in [1.29, 1.82) is 0 Å². The first-order chi connectivity index (χ1) is 7.59. The Morgan fingerprint density at radius 1 is 1.41 bits per heavy atom. The lowest BCUT2D eigenvalue weighted by Crippen LogP contribution is -2.43. The Morgan fingerprint density at radius 2 is 2.00 bits per heavy atom. The van der Waals surface area contributed by atoms with Crippen LogP contribution in [0.4, 0.5) is 4.79 Å². The van der Waals surface area contributed by atoms with Crippen LogP contribution in [0, 0.1) is 0 Å². The first kappa shape index (κ1) is 14.2. The van der Waals surface area contributed by atoms with Crippen LogP contribution in [0.1, 0.15) is 20.8 Å². The third kappa shape index (κ3) is 4.91. The summed E-state index contributed by atoms with van der Waals surface area (Å²) in [7, 11) is -3.15. The van der Waals surface area contributed by atoms with Gasteiger partial charge in [0.25, 0.3) is 0 Å². The Hall–Kier alpha value is -0.820. The van der Waals surface area contributed by atoms with Crippen LogP contribution in [0.25, 0.3) is 0 Å². The van der Waals surface area contributed by atoms with Gasteiger partial charge in [-0.1, -0.05) is 0 Å². The SMILES string of the molecule is CC(C)(C)OC(=O)N1CCS(=O)(=O)C[C@@H](N)C1. The van der Waals surface area contributed by atoms with E-state index < -0.39 is 27.6 Å². The molecule has 0 unspecified atom stereocenters. The zero-order chi connectivity index (χ0) is 13.3. The quantitative estimate of drug-likeness (QED) is 0.664. The number of ether oxygens (including phenoxy) is 1. The Labute approximate surface area is 102 Å². The smallest absolute Gasteiger partial charge is 0.410 e. The summed E-state index contributed by atoms with van der Waals surface area (Å²) in [5.41, 5.74) is 5.08. The largest absolute Gasteiger partial charge is 0.444 e. The molecule has 0 aromatic rings. The van der Waals surface area contributed by atoms with Gasteiger partial charge in [-0.25, -0.2) is 13.2 Å². The van der Waals surface area contributed by atoms with Crippen LogP contribution in [0.2, 0.25) is 0 Å². The summed E-state index contributed by atoms with van der Waals surface area (Å²) in [4.78, 5) is 13.1. The molecule has 0 aliphatic carbocycles. The first-order valence-corrected chi connectivity index (χ1v) is 7.35. The van der Waals surface area contributed by atoms with E-state index in [9.17, 15) is 13.2 Å². The Kier molecular flexibility index (Phi) is 4.03. The summed E-state index contributed by atoms with van der Waals surface area (Å²) in [6, 6.07) is -0.546. The van der Waals surface area contributed by atoms with Crippen LogP contribution in [0.15, 0.2) is 0 Å². The second-order valence-electron chi connectivity index (χ2n) is 5.30. The number of sulfone groups is 1. The van der Waals surface area contributed by atoms with E-state index in [1.807, 2.05) is 0 Å². The number of rotatable bonds is 0. The highest BCUT2D eigenvalue weighted by Gasteiger charge is 2.29. The zero-order valence-corrected chi connectivity index (χ0v) is 11.3. The second kappa shape index (κ2) is 4.81. The minimum atomic E-state index is -3.15. The van der Waals surface area contributed by atoms with E-state index in [1.165, 1.54) is 4.90 Å². The molecule has 1 heterocycles. The highest BCUT2D eigenvalue weighted by atomic mass is 32.2. The second-order valence-corrected chi connectivity index (χ2v) is 7.53. The molecule has 1 saturated heterocycles. The fourth-order valence-electron chi connectivity index (χ4n) is 1.58. The van der Waals surface area contributed by atoms with Crippen molar-refractivity contribution in [2.24, 2.45) is 5.73 Å². The topological polar surface area (TPSA) is 89.7 Å². The summed E-state index contributed by atoms with van der Waals surface area (Å²) in [5, 5.41) is 0. The van der Waals surface area contributed by atoms with Crippen molar-refractivity contribution in [3.63, 3.8) is 0 Å². The number of carbonyl (C=O) groups excluding carboxylic acids is 1. The van der Waals surface area contributed by atoms with Gasteiger partial charge in [-0.15, -0.1) is 0 Å². The summed E-state index contributed by atoms with van der Waals surface area (Å²) in [6.45, 7) is 5.65. The molecule has 7 heteroatoms. The molecular weight excluding hydrogens is 244 g/mol. The van der Waals surface area contributed by atoms with E-state index in [2.05, 4.69) is 0 Å². The molecule has 2 N–H and O–H groups in total. The predicted octanol–water partition coefficient (Wildman–Crippen LogP) is -0.0208. The number of hydrogen-bond donors (Lipinski definition) is 1. The van der Waals surface area contributed by atoms with Gasteiger partial charge in [0.2, 0.25) is 0 Å². The van der Waals surface area contributed by atoms with Crippen LogP contribution >= 0.6 is 0 Å². The summed E-state index contributed by atoms with van der Waals surface area (Å²) in [5.74, 6) is -0.133. The maximum Gasteiger partial charge on any atom is 0.410 e. The molecule has 1 atom stereocenters. The molecule has 1 rings (SSSR count). The molecule has 0 spiro atoms. The van der Waals surface area contributed by atoms with E-state index in [0.29, 0.717) is 0 Å². The standard InChI is InChI=1S/C10H20N2O4S/c1-10(2,3)16-9(13)12-4-5-17(14,15)7-8(11)6-12/h8H,4-7,11H2,1-3H3/t8-/m0/s1. The summed E-state index contributed by atoms with van der Waals surface area (Å²) >= 11 is 0. The molecule has 1 fully saturated rings. The highest BCUT2D eigenvalue weighted by molar-refractivity contribution is 7.91. The van der Waals surface area contributed by atoms with Gasteiger partial charge < -0.3 is 15.4 Å². The lowest BCUT2D eigenvalue weighted by Gasteiger charge is -2.27. The van der Waals surface area contributed by atoms with Crippen LogP contribution < -0.4 is 5.73 Å². The number of hydrogen-bond acceptors (Lipinski definition) is 5. The number of nitrogens with zero attached hydrogens (tertiary/aromatic N) is 1. The average Bonchev–Trinajstić information content (AvgIpc) is 2.20. The monoisotopic (exact) mass is 264 g/mol.